The second-order valence-corrected chi connectivity index (χ2v) is 14.1. The number of carbonyl (C=O) groups is 4. The van der Waals surface area contributed by atoms with E-state index in [1.54, 1.807) is 48.5 Å². The Hall–Kier alpha value is -5.08. The monoisotopic (exact) mass is 695 g/mol. The first kappa shape index (κ1) is 34.4. The highest BCUT2D eigenvalue weighted by Gasteiger charge is 2.44. The molecule has 7 rings (SSSR count). The molecule has 4 heterocycles. The molecule has 0 aromatic heterocycles. The van der Waals surface area contributed by atoms with Crippen LogP contribution in [0, 0.1) is 5.41 Å². The first-order valence-electron chi connectivity index (χ1n) is 17.8. The van der Waals surface area contributed by atoms with E-state index in [1.807, 2.05) is 0 Å². The number of hydrogen-bond donors (Lipinski definition) is 5. The number of nitrogens with zero attached hydrogens (tertiary/aromatic N) is 5. The van der Waals surface area contributed by atoms with Crippen molar-refractivity contribution in [2.45, 2.75) is 62.7 Å². The lowest BCUT2D eigenvalue weighted by molar-refractivity contribution is -0.136. The van der Waals surface area contributed by atoms with Gasteiger partial charge >= 0.3 is 0 Å². The molecule has 14 heteroatoms. The lowest BCUT2D eigenvalue weighted by Gasteiger charge is -2.49. The molecule has 2 atom stereocenters. The lowest BCUT2D eigenvalue weighted by Crippen LogP contribution is -2.60. The highest BCUT2D eigenvalue weighted by atomic mass is 16.3. The van der Waals surface area contributed by atoms with Crippen molar-refractivity contribution in [3.05, 3.63) is 70.9 Å². The zero-order valence-electron chi connectivity index (χ0n) is 28.8. The summed E-state index contributed by atoms with van der Waals surface area (Å²) in [5, 5.41) is 24.5. The van der Waals surface area contributed by atoms with Crippen molar-refractivity contribution in [3.63, 3.8) is 0 Å². The number of phenolic OH excluding ortho intramolecular Hbond substituents is 1. The van der Waals surface area contributed by atoms with Gasteiger partial charge in [0.05, 0.1) is 35.1 Å². The summed E-state index contributed by atoms with van der Waals surface area (Å²) in [4.78, 5) is 63.0. The van der Waals surface area contributed by atoms with Crippen molar-refractivity contribution in [3.8, 4) is 5.75 Å². The summed E-state index contributed by atoms with van der Waals surface area (Å²) < 4.78 is 0. The van der Waals surface area contributed by atoms with Crippen LogP contribution >= 0.6 is 0 Å². The lowest BCUT2D eigenvalue weighted by atomic mass is 9.88. The predicted molar refractivity (Wildman–Crippen MR) is 192 cm³/mol. The van der Waals surface area contributed by atoms with Gasteiger partial charge in [0.1, 0.15) is 17.6 Å². The topological polar surface area (TPSA) is 188 Å². The Bertz CT molecular complexity index is 1820. The number of aliphatic imine (C=N–C) groups is 1. The van der Waals surface area contributed by atoms with Crippen molar-refractivity contribution in [1.29, 1.82) is 5.41 Å². The molecular formula is C37H45N9O5. The molecule has 3 fully saturated rings. The number of nitrogens with one attached hydrogen (secondary N) is 3. The number of fused-ring (bicyclic) bond motifs is 2. The number of hydrogen-bond acceptors (Lipinski definition) is 12. The molecule has 6 N–H and O–H groups in total. The van der Waals surface area contributed by atoms with Gasteiger partial charge in [0.15, 0.2) is 0 Å². The van der Waals surface area contributed by atoms with Crippen LogP contribution in [0.4, 0.5) is 5.69 Å². The molecule has 0 spiro atoms. The van der Waals surface area contributed by atoms with Crippen molar-refractivity contribution >= 4 is 40.9 Å². The maximum atomic E-state index is 13.2. The zero-order valence-corrected chi connectivity index (χ0v) is 28.8. The third kappa shape index (κ3) is 6.85. The molecular weight excluding hydrogens is 650 g/mol. The number of imide groups is 2. The molecule has 2 aromatic carbocycles. The molecule has 2 saturated heterocycles. The quantitative estimate of drug-likeness (QED) is 0.191. The van der Waals surface area contributed by atoms with Gasteiger partial charge in [-0.05, 0) is 75.6 Å². The minimum atomic E-state index is -0.978. The first-order chi connectivity index (χ1) is 24.6. The normalized spacial score (nSPS) is 26.2. The molecule has 14 nitrogen and oxygen atoms in total. The molecule has 0 radical (unpaired) electrons. The molecule has 2 aromatic rings. The van der Waals surface area contributed by atoms with Gasteiger partial charge in [-0.25, -0.2) is 0 Å². The maximum absolute atomic E-state index is 13.2. The van der Waals surface area contributed by atoms with E-state index in [0.717, 1.165) is 68.1 Å². The van der Waals surface area contributed by atoms with Gasteiger partial charge in [-0.1, -0.05) is 12.1 Å². The van der Waals surface area contributed by atoms with Crippen LogP contribution in [0.5, 0.6) is 5.75 Å². The Morgan fingerprint density at radius 1 is 1.04 bits per heavy atom. The van der Waals surface area contributed by atoms with E-state index in [0.29, 0.717) is 36.6 Å². The van der Waals surface area contributed by atoms with E-state index in [2.05, 4.69) is 37.4 Å². The summed E-state index contributed by atoms with van der Waals surface area (Å²) in [7, 11) is 2.15. The molecule has 5 aliphatic rings. The van der Waals surface area contributed by atoms with Crippen molar-refractivity contribution < 1.29 is 24.3 Å². The number of allylic oxidation sites excluding steroid dienone is 1. The standard InChI is InChI=1S/C37H45N9O5/c1-43(15-14-40-22-6-11-26-28(18-22)37(51)46(36(26)50)30-12-13-33(48)42-35(30)49)23-7-9-24(10-8-23)44-16-17-45-25(21-44)20-41-34(39)31(45)19-29(38)27-4-2-3-5-32(27)47/h2-6,11,18-19,23-25,30,38,40,47H,7-10,12-17,20-21H2,1H3,(H2,39,41)(H,42,48,49)/b31-19+,38-29?. The van der Waals surface area contributed by atoms with Crippen LogP contribution < -0.4 is 16.4 Å². The van der Waals surface area contributed by atoms with Crippen molar-refractivity contribution in [1.82, 2.24) is 24.9 Å². The number of carbonyl (C=O) groups excluding carboxylic acids is 4. The summed E-state index contributed by atoms with van der Waals surface area (Å²) in [5.74, 6) is -1.52. The number of amides is 4. The number of piperazine rings is 1. The summed E-state index contributed by atoms with van der Waals surface area (Å²) in [5.41, 5.74) is 9.02. The van der Waals surface area contributed by atoms with Crippen molar-refractivity contribution in [2.24, 2.45) is 10.7 Å². The summed E-state index contributed by atoms with van der Waals surface area (Å²) in [6.45, 7) is 4.73. The number of anilines is 1. The summed E-state index contributed by atoms with van der Waals surface area (Å²) in [6.07, 6.45) is 6.39. The average molecular weight is 696 g/mol. The molecule has 1 saturated carbocycles. The first-order valence-corrected chi connectivity index (χ1v) is 17.8. The maximum Gasteiger partial charge on any atom is 0.262 e. The average Bonchev–Trinajstić information content (AvgIpc) is 3.37. The molecule has 2 unspecified atom stereocenters. The van der Waals surface area contributed by atoms with Gasteiger partial charge in [0.25, 0.3) is 11.8 Å². The second kappa shape index (κ2) is 14.3. The van der Waals surface area contributed by atoms with Crippen LogP contribution in [0.3, 0.4) is 0 Å². The highest BCUT2D eigenvalue weighted by molar-refractivity contribution is 6.23. The fraction of sp³-hybridized carbons (Fsp3) is 0.459. The van der Waals surface area contributed by atoms with Crippen LogP contribution in [0.2, 0.25) is 0 Å². The Labute approximate surface area is 296 Å². The third-order valence-corrected chi connectivity index (χ3v) is 11.1. The van der Waals surface area contributed by atoms with Gasteiger partial charge in [-0.3, -0.25) is 39.3 Å². The van der Waals surface area contributed by atoms with E-state index in [-0.39, 0.29) is 41.5 Å². The van der Waals surface area contributed by atoms with E-state index in [1.165, 1.54) is 0 Å². The SMILES string of the molecule is CN(CCNc1ccc2c(c1)C(=O)N(C1CCC(=O)NC1=O)C2=O)C1CCC(N2CCN3/C(=C/C(=N)c4ccccc4O)C(N)=NCC3C2)CC1. The number of amidine groups is 1. The number of aromatic hydroxyl groups is 1. The highest BCUT2D eigenvalue weighted by Crippen LogP contribution is 2.32. The smallest absolute Gasteiger partial charge is 0.262 e. The van der Waals surface area contributed by atoms with Gasteiger partial charge in [-0.2, -0.15) is 0 Å². The largest absolute Gasteiger partial charge is 0.507 e. The molecule has 1 aliphatic carbocycles. The van der Waals surface area contributed by atoms with E-state index in [4.69, 9.17) is 11.1 Å². The number of benzene rings is 2. The Kier molecular flexibility index (Phi) is 9.62. The van der Waals surface area contributed by atoms with Gasteiger partial charge < -0.3 is 31.4 Å². The molecule has 4 aliphatic heterocycles. The number of rotatable bonds is 9. The molecule has 268 valence electrons. The second-order valence-electron chi connectivity index (χ2n) is 14.1. The fourth-order valence-electron chi connectivity index (χ4n) is 8.19. The molecule has 4 amide bonds. The predicted octanol–water partition coefficient (Wildman–Crippen LogP) is 1.76. The zero-order chi connectivity index (χ0) is 35.8. The fourth-order valence-corrected chi connectivity index (χ4v) is 8.19. The Morgan fingerprint density at radius 3 is 2.57 bits per heavy atom. The number of likely N-dealkylation sites (N-methyl/N-ethyl adjacent to an activating group) is 1. The summed E-state index contributed by atoms with van der Waals surface area (Å²) >= 11 is 0. The van der Waals surface area contributed by atoms with Crippen LogP contribution in [-0.4, -0.2) is 130 Å². The van der Waals surface area contributed by atoms with Crippen LogP contribution in [0.15, 0.2) is 59.2 Å². The van der Waals surface area contributed by atoms with E-state index >= 15 is 0 Å². The van der Waals surface area contributed by atoms with E-state index < -0.39 is 29.7 Å². The van der Waals surface area contributed by atoms with E-state index in [9.17, 15) is 24.3 Å². The number of para-hydroxylation sites is 1. The summed E-state index contributed by atoms with van der Waals surface area (Å²) in [6, 6.07) is 12.1. The Morgan fingerprint density at radius 2 is 1.80 bits per heavy atom. The number of piperidine rings is 1. The molecule has 0 bridgehead atoms. The van der Waals surface area contributed by atoms with Crippen LogP contribution in [-0.2, 0) is 9.59 Å². The van der Waals surface area contributed by atoms with Gasteiger partial charge in [-0.15, -0.1) is 0 Å². The third-order valence-electron chi connectivity index (χ3n) is 11.1. The van der Waals surface area contributed by atoms with Gasteiger partial charge in [0, 0.05) is 62.5 Å². The van der Waals surface area contributed by atoms with Crippen molar-refractivity contribution in [2.75, 3.05) is 51.6 Å². The van der Waals surface area contributed by atoms with Gasteiger partial charge in [0.2, 0.25) is 11.8 Å². The Balaban J connectivity index is 0.879. The number of nitrogens with two attached hydrogens (primary N) is 1. The number of phenols is 1. The molecule has 51 heavy (non-hydrogen) atoms. The minimum Gasteiger partial charge on any atom is -0.507 e. The van der Waals surface area contributed by atoms with Crippen LogP contribution in [0.1, 0.15) is 64.8 Å². The van der Waals surface area contributed by atoms with Crippen LogP contribution in [0.25, 0.3) is 0 Å². The minimum absolute atomic E-state index is 0.0710.